The molecule has 1 atom stereocenters. The Morgan fingerprint density at radius 3 is 2.50 bits per heavy atom. The Morgan fingerprint density at radius 2 is 1.80 bits per heavy atom. The SMILES string of the molecule is COc1cccc(OCC(N)c2ccc(F)c(F)c2)c1. The molecular weight excluding hydrogens is 264 g/mol. The summed E-state index contributed by atoms with van der Waals surface area (Å²) in [5.74, 6) is -0.541. The van der Waals surface area contributed by atoms with Crippen molar-refractivity contribution in [1.82, 2.24) is 0 Å². The molecule has 0 spiro atoms. The predicted molar refractivity (Wildman–Crippen MR) is 71.8 cm³/mol. The van der Waals surface area contributed by atoms with Crippen molar-refractivity contribution in [3.8, 4) is 11.5 Å². The minimum absolute atomic E-state index is 0.151. The summed E-state index contributed by atoms with van der Waals surface area (Å²) >= 11 is 0. The van der Waals surface area contributed by atoms with Crippen LogP contribution in [0.1, 0.15) is 11.6 Å². The van der Waals surface area contributed by atoms with Crippen LogP contribution in [0, 0.1) is 11.6 Å². The quantitative estimate of drug-likeness (QED) is 0.915. The number of benzene rings is 2. The summed E-state index contributed by atoms with van der Waals surface area (Å²) in [5, 5.41) is 0. The van der Waals surface area contributed by atoms with Gasteiger partial charge in [-0.05, 0) is 29.8 Å². The highest BCUT2D eigenvalue weighted by Gasteiger charge is 2.10. The summed E-state index contributed by atoms with van der Waals surface area (Å²) in [6.07, 6.45) is 0. The van der Waals surface area contributed by atoms with E-state index < -0.39 is 17.7 Å². The first kappa shape index (κ1) is 14.3. The highest BCUT2D eigenvalue weighted by Crippen LogP contribution is 2.21. The first-order chi connectivity index (χ1) is 9.60. The molecule has 0 radical (unpaired) electrons. The van der Waals surface area contributed by atoms with Crippen LogP contribution in [0.25, 0.3) is 0 Å². The molecule has 2 N–H and O–H groups in total. The average molecular weight is 279 g/mol. The van der Waals surface area contributed by atoms with E-state index in [1.165, 1.54) is 6.07 Å². The maximum atomic E-state index is 13.1. The normalized spacial score (nSPS) is 12.0. The van der Waals surface area contributed by atoms with Crippen molar-refractivity contribution < 1.29 is 18.3 Å². The Bertz CT molecular complexity index is 590. The van der Waals surface area contributed by atoms with E-state index in [4.69, 9.17) is 15.2 Å². The van der Waals surface area contributed by atoms with Crippen LogP contribution in [0.4, 0.5) is 8.78 Å². The van der Waals surface area contributed by atoms with Gasteiger partial charge in [0.2, 0.25) is 0 Å². The number of ether oxygens (including phenoxy) is 2. The highest BCUT2D eigenvalue weighted by molar-refractivity contribution is 5.33. The van der Waals surface area contributed by atoms with Crippen LogP contribution < -0.4 is 15.2 Å². The van der Waals surface area contributed by atoms with Crippen molar-refractivity contribution in [1.29, 1.82) is 0 Å². The van der Waals surface area contributed by atoms with E-state index in [1.807, 2.05) is 0 Å². The molecule has 2 aromatic carbocycles. The lowest BCUT2D eigenvalue weighted by Crippen LogP contribution is -2.19. The largest absolute Gasteiger partial charge is 0.497 e. The third kappa shape index (κ3) is 3.45. The van der Waals surface area contributed by atoms with Gasteiger partial charge in [0.15, 0.2) is 11.6 Å². The summed E-state index contributed by atoms with van der Waals surface area (Å²) in [6, 6.07) is 10.1. The predicted octanol–water partition coefficient (Wildman–Crippen LogP) is 3.05. The molecule has 0 heterocycles. The first-order valence-electron chi connectivity index (χ1n) is 6.07. The molecule has 0 fully saturated rings. The Labute approximate surface area is 115 Å². The summed E-state index contributed by atoms with van der Waals surface area (Å²) in [7, 11) is 1.56. The van der Waals surface area contributed by atoms with Crippen molar-refractivity contribution in [2.75, 3.05) is 13.7 Å². The fourth-order valence-corrected chi connectivity index (χ4v) is 1.72. The van der Waals surface area contributed by atoms with Crippen LogP contribution in [0.5, 0.6) is 11.5 Å². The Kier molecular flexibility index (Phi) is 4.53. The lowest BCUT2D eigenvalue weighted by atomic mass is 10.1. The second-order valence-electron chi connectivity index (χ2n) is 4.27. The monoisotopic (exact) mass is 279 g/mol. The van der Waals surface area contributed by atoms with Gasteiger partial charge in [-0.3, -0.25) is 0 Å². The number of methoxy groups -OCH3 is 1. The van der Waals surface area contributed by atoms with Crippen molar-refractivity contribution >= 4 is 0 Å². The molecule has 1 unspecified atom stereocenters. The molecule has 2 aromatic rings. The van der Waals surface area contributed by atoms with Gasteiger partial charge >= 0.3 is 0 Å². The molecular formula is C15H15F2NO2. The summed E-state index contributed by atoms with van der Waals surface area (Å²) in [5.41, 5.74) is 6.37. The van der Waals surface area contributed by atoms with E-state index in [0.717, 1.165) is 12.1 Å². The molecule has 0 aromatic heterocycles. The number of hydrogen-bond acceptors (Lipinski definition) is 3. The third-order valence-corrected chi connectivity index (χ3v) is 2.84. The van der Waals surface area contributed by atoms with Gasteiger partial charge in [0, 0.05) is 6.07 Å². The zero-order chi connectivity index (χ0) is 14.5. The smallest absolute Gasteiger partial charge is 0.159 e. The first-order valence-corrected chi connectivity index (χ1v) is 6.07. The van der Waals surface area contributed by atoms with E-state index in [0.29, 0.717) is 17.1 Å². The van der Waals surface area contributed by atoms with Gasteiger partial charge in [0.1, 0.15) is 18.1 Å². The molecule has 0 aliphatic heterocycles. The lowest BCUT2D eigenvalue weighted by Gasteiger charge is -2.14. The molecule has 0 bridgehead atoms. The number of rotatable bonds is 5. The summed E-state index contributed by atoms with van der Waals surface area (Å²) < 4.78 is 36.5. The Morgan fingerprint density at radius 1 is 1.05 bits per heavy atom. The third-order valence-electron chi connectivity index (χ3n) is 2.84. The van der Waals surface area contributed by atoms with Gasteiger partial charge in [0.25, 0.3) is 0 Å². The van der Waals surface area contributed by atoms with Crippen LogP contribution in [-0.2, 0) is 0 Å². The Hall–Kier alpha value is -2.14. The molecule has 0 amide bonds. The number of halogens is 2. The van der Waals surface area contributed by atoms with Gasteiger partial charge in [-0.1, -0.05) is 12.1 Å². The number of nitrogens with two attached hydrogens (primary N) is 1. The fourth-order valence-electron chi connectivity index (χ4n) is 1.72. The van der Waals surface area contributed by atoms with Crippen LogP contribution in [-0.4, -0.2) is 13.7 Å². The summed E-state index contributed by atoms with van der Waals surface area (Å²) in [4.78, 5) is 0. The summed E-state index contributed by atoms with van der Waals surface area (Å²) in [6.45, 7) is 0.151. The van der Waals surface area contributed by atoms with Gasteiger partial charge in [-0.15, -0.1) is 0 Å². The Balaban J connectivity index is 2.00. The zero-order valence-electron chi connectivity index (χ0n) is 11.0. The topological polar surface area (TPSA) is 44.5 Å². The maximum Gasteiger partial charge on any atom is 0.159 e. The van der Waals surface area contributed by atoms with Crippen molar-refractivity contribution in [2.24, 2.45) is 5.73 Å². The van der Waals surface area contributed by atoms with Gasteiger partial charge < -0.3 is 15.2 Å². The minimum atomic E-state index is -0.917. The van der Waals surface area contributed by atoms with Crippen molar-refractivity contribution in [3.05, 3.63) is 59.7 Å². The highest BCUT2D eigenvalue weighted by atomic mass is 19.2. The van der Waals surface area contributed by atoms with E-state index in [9.17, 15) is 8.78 Å². The maximum absolute atomic E-state index is 13.1. The molecule has 0 aliphatic rings. The molecule has 0 saturated carbocycles. The van der Waals surface area contributed by atoms with E-state index >= 15 is 0 Å². The lowest BCUT2D eigenvalue weighted by molar-refractivity contribution is 0.288. The molecule has 3 nitrogen and oxygen atoms in total. The zero-order valence-corrected chi connectivity index (χ0v) is 11.0. The van der Waals surface area contributed by atoms with Gasteiger partial charge in [-0.2, -0.15) is 0 Å². The molecule has 2 rings (SSSR count). The van der Waals surface area contributed by atoms with Gasteiger partial charge in [0.05, 0.1) is 13.2 Å². The second kappa shape index (κ2) is 6.34. The number of hydrogen-bond donors (Lipinski definition) is 1. The average Bonchev–Trinajstić information content (AvgIpc) is 2.47. The van der Waals surface area contributed by atoms with Crippen molar-refractivity contribution in [3.63, 3.8) is 0 Å². The molecule has 0 aliphatic carbocycles. The van der Waals surface area contributed by atoms with E-state index in [2.05, 4.69) is 0 Å². The van der Waals surface area contributed by atoms with Crippen LogP contribution in [0.2, 0.25) is 0 Å². The second-order valence-corrected chi connectivity index (χ2v) is 4.27. The molecule has 106 valence electrons. The standard InChI is InChI=1S/C15H15F2NO2/c1-19-11-3-2-4-12(8-11)20-9-15(18)10-5-6-13(16)14(17)7-10/h2-8,15H,9,18H2,1H3. The van der Waals surface area contributed by atoms with Crippen LogP contribution in [0.3, 0.4) is 0 Å². The van der Waals surface area contributed by atoms with Crippen LogP contribution in [0.15, 0.2) is 42.5 Å². The molecule has 0 saturated heterocycles. The van der Waals surface area contributed by atoms with Gasteiger partial charge in [-0.25, -0.2) is 8.78 Å². The van der Waals surface area contributed by atoms with Crippen molar-refractivity contribution in [2.45, 2.75) is 6.04 Å². The van der Waals surface area contributed by atoms with E-state index in [-0.39, 0.29) is 6.61 Å². The fraction of sp³-hybridized carbons (Fsp3) is 0.200. The van der Waals surface area contributed by atoms with E-state index in [1.54, 1.807) is 31.4 Å². The minimum Gasteiger partial charge on any atom is -0.497 e. The molecule has 5 heteroatoms. The molecule has 20 heavy (non-hydrogen) atoms. The van der Waals surface area contributed by atoms with Crippen LogP contribution >= 0.6 is 0 Å².